The summed E-state index contributed by atoms with van der Waals surface area (Å²) in [6, 6.07) is 74.4. The van der Waals surface area contributed by atoms with Crippen LogP contribution in [0.2, 0.25) is 0 Å². The van der Waals surface area contributed by atoms with Crippen LogP contribution in [0.4, 0.5) is 0 Å². The molecule has 294 valence electrons. The zero-order valence-corrected chi connectivity index (χ0v) is 33.9. The molecule has 4 aromatic heterocycles. The lowest BCUT2D eigenvalue weighted by Crippen LogP contribution is -2.03. The Hall–Kier alpha value is -8.61. The van der Waals surface area contributed by atoms with E-state index in [4.69, 9.17) is 19.4 Å². The van der Waals surface area contributed by atoms with Gasteiger partial charge in [-0.2, -0.15) is 0 Å². The van der Waals surface area contributed by atoms with Gasteiger partial charge in [0.15, 0.2) is 17.5 Å². The van der Waals surface area contributed by atoms with Gasteiger partial charge >= 0.3 is 0 Å². The zero-order chi connectivity index (χ0) is 41.4. The molecule has 0 atom stereocenters. The van der Waals surface area contributed by atoms with Gasteiger partial charge in [0.25, 0.3) is 0 Å². The molecule has 0 saturated carbocycles. The number of furan rings is 1. The second kappa shape index (κ2) is 14.0. The van der Waals surface area contributed by atoms with Gasteiger partial charge in [0.2, 0.25) is 0 Å². The molecule has 0 N–H and O–H groups in total. The standard InChI is InChI=1S/C57H35N5O/c1-3-16-36(17-4-1)40-24-15-29-53-54(40)46-34-38(30-33-52(46)63-53)56-58-55(37-18-5-2-6-19-37)59-57(60-56)45-23-10-14-28-50(45)62-49-27-13-9-22-43(49)44-32-31-39(35-51(44)62)61-47-25-11-7-20-41(47)42-21-8-12-26-48(42)61/h1-35H. The Morgan fingerprint density at radius 3 is 1.59 bits per heavy atom. The van der Waals surface area contributed by atoms with Crippen molar-refractivity contribution in [1.29, 1.82) is 0 Å². The average Bonchev–Trinajstić information content (AvgIpc) is 4.01. The Balaban J connectivity index is 1.04. The molecule has 0 radical (unpaired) electrons. The van der Waals surface area contributed by atoms with Crippen molar-refractivity contribution in [2.45, 2.75) is 0 Å². The molecule has 63 heavy (non-hydrogen) atoms. The van der Waals surface area contributed by atoms with E-state index in [-0.39, 0.29) is 0 Å². The van der Waals surface area contributed by atoms with E-state index in [1.54, 1.807) is 0 Å². The summed E-state index contributed by atoms with van der Waals surface area (Å²) in [5.74, 6) is 1.77. The van der Waals surface area contributed by atoms with Gasteiger partial charge in [0, 0.05) is 54.7 Å². The number of para-hydroxylation sites is 4. The number of fused-ring (bicyclic) bond motifs is 9. The Morgan fingerprint density at radius 1 is 0.317 bits per heavy atom. The maximum Gasteiger partial charge on any atom is 0.166 e. The molecule has 6 heteroatoms. The van der Waals surface area contributed by atoms with E-state index < -0.39 is 0 Å². The largest absolute Gasteiger partial charge is 0.456 e. The van der Waals surface area contributed by atoms with Gasteiger partial charge in [0.05, 0.1) is 27.8 Å². The van der Waals surface area contributed by atoms with Crippen molar-refractivity contribution in [2.75, 3.05) is 0 Å². The van der Waals surface area contributed by atoms with E-state index in [9.17, 15) is 0 Å². The Bertz CT molecular complexity index is 3860. The van der Waals surface area contributed by atoms with Gasteiger partial charge in [-0.3, -0.25) is 0 Å². The van der Waals surface area contributed by atoms with E-state index in [0.29, 0.717) is 17.5 Å². The molecule has 0 aliphatic heterocycles. The molecule has 13 rings (SSSR count). The van der Waals surface area contributed by atoms with Gasteiger partial charge in [-0.15, -0.1) is 0 Å². The van der Waals surface area contributed by atoms with Crippen LogP contribution in [-0.2, 0) is 0 Å². The lowest BCUT2D eigenvalue weighted by molar-refractivity contribution is 0.669. The summed E-state index contributed by atoms with van der Waals surface area (Å²) in [4.78, 5) is 15.8. The molecule has 0 bridgehead atoms. The predicted octanol–water partition coefficient (Wildman–Crippen LogP) is 14.6. The quantitative estimate of drug-likeness (QED) is 0.168. The highest BCUT2D eigenvalue weighted by atomic mass is 16.3. The van der Waals surface area contributed by atoms with E-state index in [0.717, 1.165) is 72.2 Å². The smallest absolute Gasteiger partial charge is 0.166 e. The van der Waals surface area contributed by atoms with Crippen LogP contribution in [0.15, 0.2) is 217 Å². The van der Waals surface area contributed by atoms with Gasteiger partial charge in [0.1, 0.15) is 11.2 Å². The highest BCUT2D eigenvalue weighted by Crippen LogP contribution is 2.41. The summed E-state index contributed by atoms with van der Waals surface area (Å²) >= 11 is 0. The molecule has 6 nitrogen and oxygen atoms in total. The fraction of sp³-hybridized carbons (Fsp3) is 0. The monoisotopic (exact) mass is 805 g/mol. The summed E-state index contributed by atoms with van der Waals surface area (Å²) in [6.07, 6.45) is 0. The van der Waals surface area contributed by atoms with Crippen molar-refractivity contribution in [2.24, 2.45) is 0 Å². The van der Waals surface area contributed by atoms with Crippen LogP contribution in [0.5, 0.6) is 0 Å². The normalized spacial score (nSPS) is 11.8. The first-order valence-corrected chi connectivity index (χ1v) is 21.2. The fourth-order valence-corrected chi connectivity index (χ4v) is 9.58. The SMILES string of the molecule is c1ccc(-c2nc(-c3ccc4oc5cccc(-c6ccccc6)c5c4c3)nc(-c3ccccc3-n3c4ccccc4c4ccc(-n5c6ccccc6c6ccccc65)cc43)n2)cc1. The van der Waals surface area contributed by atoms with Crippen LogP contribution < -0.4 is 0 Å². The molecule has 0 amide bonds. The molecule has 0 saturated heterocycles. The third-order valence-electron chi connectivity index (χ3n) is 12.4. The van der Waals surface area contributed by atoms with Crippen molar-refractivity contribution in [3.05, 3.63) is 212 Å². The minimum absolute atomic E-state index is 0.581. The first-order chi connectivity index (χ1) is 31.2. The molecule has 0 unspecified atom stereocenters. The van der Waals surface area contributed by atoms with Gasteiger partial charge in [-0.05, 0) is 77.9 Å². The summed E-state index contributed by atoms with van der Waals surface area (Å²) in [6.45, 7) is 0. The topological polar surface area (TPSA) is 61.7 Å². The molecule has 4 heterocycles. The molecule has 0 fully saturated rings. The van der Waals surface area contributed by atoms with Crippen LogP contribution in [0, 0.1) is 0 Å². The highest BCUT2D eigenvalue weighted by Gasteiger charge is 2.21. The maximum absolute atomic E-state index is 6.44. The van der Waals surface area contributed by atoms with Crippen LogP contribution in [0.25, 0.3) is 122 Å². The van der Waals surface area contributed by atoms with Crippen molar-refractivity contribution in [3.8, 4) is 56.7 Å². The molecular weight excluding hydrogens is 771 g/mol. The lowest BCUT2D eigenvalue weighted by Gasteiger charge is -2.15. The number of benzene rings is 9. The number of hydrogen-bond donors (Lipinski definition) is 0. The second-order valence-corrected chi connectivity index (χ2v) is 16.0. The summed E-state index contributed by atoms with van der Waals surface area (Å²) in [5.41, 5.74) is 13.2. The van der Waals surface area contributed by atoms with Crippen molar-refractivity contribution in [3.63, 3.8) is 0 Å². The summed E-state index contributed by atoms with van der Waals surface area (Å²) in [7, 11) is 0. The van der Waals surface area contributed by atoms with Crippen molar-refractivity contribution < 1.29 is 4.42 Å². The Labute approximate surface area is 361 Å². The second-order valence-electron chi connectivity index (χ2n) is 16.0. The third-order valence-corrected chi connectivity index (χ3v) is 12.4. The first kappa shape index (κ1) is 35.2. The Morgan fingerprint density at radius 2 is 0.873 bits per heavy atom. The van der Waals surface area contributed by atoms with E-state index in [1.807, 2.05) is 36.4 Å². The van der Waals surface area contributed by atoms with Crippen LogP contribution in [0.3, 0.4) is 0 Å². The number of hydrogen-bond acceptors (Lipinski definition) is 4. The van der Waals surface area contributed by atoms with Crippen LogP contribution in [0.1, 0.15) is 0 Å². The molecule has 0 aliphatic rings. The fourth-order valence-electron chi connectivity index (χ4n) is 9.58. The van der Waals surface area contributed by atoms with E-state index >= 15 is 0 Å². The zero-order valence-electron chi connectivity index (χ0n) is 33.9. The summed E-state index contributed by atoms with van der Waals surface area (Å²) in [5, 5.41) is 6.88. The highest BCUT2D eigenvalue weighted by molar-refractivity contribution is 6.14. The number of nitrogens with zero attached hydrogens (tertiary/aromatic N) is 5. The molecule has 0 spiro atoms. The minimum atomic E-state index is 0.581. The van der Waals surface area contributed by atoms with Gasteiger partial charge < -0.3 is 13.6 Å². The van der Waals surface area contributed by atoms with Gasteiger partial charge in [-0.1, -0.05) is 146 Å². The van der Waals surface area contributed by atoms with Crippen LogP contribution >= 0.6 is 0 Å². The minimum Gasteiger partial charge on any atom is -0.456 e. The molecular formula is C57H35N5O. The molecule has 9 aromatic carbocycles. The molecule has 0 aliphatic carbocycles. The maximum atomic E-state index is 6.44. The predicted molar refractivity (Wildman–Crippen MR) is 258 cm³/mol. The first-order valence-electron chi connectivity index (χ1n) is 21.2. The van der Waals surface area contributed by atoms with Crippen molar-refractivity contribution >= 4 is 65.6 Å². The number of rotatable bonds is 6. The average molecular weight is 806 g/mol. The number of aromatic nitrogens is 5. The Kier molecular flexibility index (Phi) is 7.80. The van der Waals surface area contributed by atoms with Crippen molar-refractivity contribution in [1.82, 2.24) is 24.1 Å². The lowest BCUT2D eigenvalue weighted by atomic mass is 9.99. The molecule has 13 aromatic rings. The van der Waals surface area contributed by atoms with Gasteiger partial charge in [-0.25, -0.2) is 15.0 Å². The third kappa shape index (κ3) is 5.55. The van der Waals surface area contributed by atoms with E-state index in [2.05, 4.69) is 185 Å². The van der Waals surface area contributed by atoms with E-state index in [1.165, 1.54) is 32.6 Å². The van der Waals surface area contributed by atoms with Crippen LogP contribution in [-0.4, -0.2) is 24.1 Å². The summed E-state index contributed by atoms with van der Waals surface area (Å²) < 4.78 is 11.2.